The summed E-state index contributed by atoms with van der Waals surface area (Å²) >= 11 is 0. The van der Waals surface area contributed by atoms with E-state index in [0.29, 0.717) is 11.9 Å². The highest BCUT2D eigenvalue weighted by Crippen LogP contribution is 2.22. The first-order chi connectivity index (χ1) is 8.43. The molecule has 1 N–H and O–H groups in total. The van der Waals surface area contributed by atoms with Gasteiger partial charge in [-0.2, -0.15) is 4.98 Å². The zero-order valence-electron chi connectivity index (χ0n) is 9.54. The van der Waals surface area contributed by atoms with Gasteiger partial charge in [-0.25, -0.2) is 4.98 Å². The highest BCUT2D eigenvalue weighted by Gasteiger charge is 2.19. The second-order valence-corrected chi connectivity index (χ2v) is 4.25. The zero-order valence-corrected chi connectivity index (χ0v) is 9.54. The normalized spacial score (nSPS) is 19.9. The molecule has 1 saturated heterocycles. The van der Waals surface area contributed by atoms with Gasteiger partial charge in [-0.1, -0.05) is 5.16 Å². The van der Waals surface area contributed by atoms with Gasteiger partial charge in [0.25, 0.3) is 0 Å². The van der Waals surface area contributed by atoms with Gasteiger partial charge in [0.05, 0.1) is 12.0 Å². The fraction of sp³-hybridized carbons (Fsp3) is 0.545. The van der Waals surface area contributed by atoms with Crippen molar-refractivity contribution in [2.75, 3.05) is 6.54 Å². The third-order valence-electron chi connectivity index (χ3n) is 3.14. The van der Waals surface area contributed by atoms with E-state index in [9.17, 15) is 0 Å². The molecule has 0 aliphatic carbocycles. The van der Waals surface area contributed by atoms with Gasteiger partial charge in [-0.05, 0) is 19.4 Å². The summed E-state index contributed by atoms with van der Waals surface area (Å²) in [5.74, 6) is 0.670. The van der Waals surface area contributed by atoms with Crippen LogP contribution in [0.15, 0.2) is 23.4 Å². The SMILES string of the molecule is c1noc(CCn2cncc2C2CCCN2)n1. The van der Waals surface area contributed by atoms with E-state index >= 15 is 0 Å². The number of nitrogens with zero attached hydrogens (tertiary/aromatic N) is 4. The summed E-state index contributed by atoms with van der Waals surface area (Å²) in [6.45, 7) is 1.93. The molecule has 0 spiro atoms. The quantitative estimate of drug-likeness (QED) is 0.851. The van der Waals surface area contributed by atoms with Crippen molar-refractivity contribution >= 4 is 0 Å². The molecule has 3 heterocycles. The second-order valence-electron chi connectivity index (χ2n) is 4.25. The summed E-state index contributed by atoms with van der Waals surface area (Å²) in [5.41, 5.74) is 1.25. The number of rotatable bonds is 4. The molecule has 3 rings (SSSR count). The smallest absolute Gasteiger partial charge is 0.228 e. The summed E-state index contributed by atoms with van der Waals surface area (Å²) in [6, 6.07) is 0.445. The average Bonchev–Trinajstić information content (AvgIpc) is 3.09. The molecule has 6 heteroatoms. The summed E-state index contributed by atoms with van der Waals surface area (Å²) < 4.78 is 7.15. The van der Waals surface area contributed by atoms with Gasteiger partial charge in [0.1, 0.15) is 0 Å². The minimum absolute atomic E-state index is 0.445. The lowest BCUT2D eigenvalue weighted by Gasteiger charge is -2.12. The van der Waals surface area contributed by atoms with Gasteiger partial charge in [-0.3, -0.25) is 0 Å². The van der Waals surface area contributed by atoms with Crippen molar-refractivity contribution in [1.29, 1.82) is 0 Å². The highest BCUT2D eigenvalue weighted by molar-refractivity contribution is 5.07. The standard InChI is InChI=1S/C11H15N5O/c1-2-9(13-4-1)10-6-12-8-16(10)5-3-11-14-7-15-17-11/h6-9,13H,1-5H2. The predicted octanol–water partition coefficient (Wildman–Crippen LogP) is 0.933. The summed E-state index contributed by atoms with van der Waals surface area (Å²) in [4.78, 5) is 8.24. The van der Waals surface area contributed by atoms with Crippen molar-refractivity contribution in [3.05, 3.63) is 30.4 Å². The van der Waals surface area contributed by atoms with Crippen LogP contribution < -0.4 is 5.32 Å². The molecular formula is C11H15N5O. The molecule has 1 atom stereocenters. The van der Waals surface area contributed by atoms with Crippen molar-refractivity contribution in [2.45, 2.75) is 31.8 Å². The van der Waals surface area contributed by atoms with Gasteiger partial charge in [0.2, 0.25) is 5.89 Å². The zero-order chi connectivity index (χ0) is 11.5. The molecule has 0 aromatic carbocycles. The molecule has 17 heavy (non-hydrogen) atoms. The van der Waals surface area contributed by atoms with Crippen LogP contribution in [-0.2, 0) is 13.0 Å². The van der Waals surface area contributed by atoms with Crippen molar-refractivity contribution < 1.29 is 4.52 Å². The van der Waals surface area contributed by atoms with Crippen molar-refractivity contribution in [2.24, 2.45) is 0 Å². The predicted molar refractivity (Wildman–Crippen MR) is 60.2 cm³/mol. The average molecular weight is 233 g/mol. The van der Waals surface area contributed by atoms with Crippen molar-refractivity contribution in [3.8, 4) is 0 Å². The molecule has 0 saturated carbocycles. The molecule has 0 radical (unpaired) electrons. The second kappa shape index (κ2) is 4.67. The Morgan fingerprint density at radius 1 is 1.53 bits per heavy atom. The summed E-state index contributed by atoms with van der Waals surface area (Å²) in [5, 5.41) is 7.08. The third-order valence-corrected chi connectivity index (χ3v) is 3.14. The van der Waals surface area contributed by atoms with Crippen molar-refractivity contribution in [1.82, 2.24) is 25.0 Å². The molecule has 90 valence electrons. The van der Waals surface area contributed by atoms with Crippen LogP contribution in [0.25, 0.3) is 0 Å². The van der Waals surface area contributed by atoms with Gasteiger partial charge >= 0.3 is 0 Å². The first-order valence-electron chi connectivity index (χ1n) is 5.92. The minimum Gasteiger partial charge on any atom is -0.340 e. The lowest BCUT2D eigenvalue weighted by molar-refractivity contribution is 0.369. The molecule has 1 aliphatic heterocycles. The fourth-order valence-corrected chi connectivity index (χ4v) is 2.27. The maximum Gasteiger partial charge on any atom is 0.228 e. The van der Waals surface area contributed by atoms with Crippen LogP contribution in [0.1, 0.15) is 30.5 Å². The molecule has 1 aliphatic rings. The highest BCUT2D eigenvalue weighted by atomic mass is 16.5. The first kappa shape index (κ1) is 10.5. The van der Waals surface area contributed by atoms with E-state index in [-0.39, 0.29) is 0 Å². The molecule has 0 bridgehead atoms. The molecule has 1 unspecified atom stereocenters. The van der Waals surface area contributed by atoms with Crippen LogP contribution in [0.4, 0.5) is 0 Å². The Hall–Kier alpha value is -1.69. The number of nitrogens with one attached hydrogen (secondary N) is 1. The lowest BCUT2D eigenvalue weighted by atomic mass is 10.2. The van der Waals surface area contributed by atoms with Crippen LogP contribution in [-0.4, -0.2) is 26.2 Å². The third kappa shape index (κ3) is 2.21. The fourth-order valence-electron chi connectivity index (χ4n) is 2.27. The van der Waals surface area contributed by atoms with Crippen LogP contribution in [0, 0.1) is 0 Å². The maximum atomic E-state index is 4.99. The van der Waals surface area contributed by atoms with Gasteiger partial charge in [-0.15, -0.1) is 0 Å². The molecule has 0 amide bonds. The topological polar surface area (TPSA) is 68.8 Å². The van der Waals surface area contributed by atoms with E-state index in [1.165, 1.54) is 24.9 Å². The Labute approximate surface area is 99.0 Å². The maximum absolute atomic E-state index is 4.99. The Balaban J connectivity index is 1.68. The van der Waals surface area contributed by atoms with Gasteiger partial charge < -0.3 is 14.4 Å². The van der Waals surface area contributed by atoms with Crippen molar-refractivity contribution in [3.63, 3.8) is 0 Å². The van der Waals surface area contributed by atoms with Gasteiger partial charge in [0, 0.05) is 25.2 Å². The largest absolute Gasteiger partial charge is 0.340 e. The first-order valence-corrected chi connectivity index (χ1v) is 5.92. The molecule has 1 fully saturated rings. The van der Waals surface area contributed by atoms with Crippen LogP contribution in [0.3, 0.4) is 0 Å². The van der Waals surface area contributed by atoms with E-state index < -0.39 is 0 Å². The summed E-state index contributed by atoms with van der Waals surface area (Å²) in [6.07, 6.45) is 8.41. The Kier molecular flexibility index (Phi) is 2.87. The molecule has 2 aromatic heterocycles. The Morgan fingerprint density at radius 3 is 3.29 bits per heavy atom. The van der Waals surface area contributed by atoms with E-state index in [1.54, 1.807) is 0 Å². The Morgan fingerprint density at radius 2 is 2.53 bits per heavy atom. The molecule has 2 aromatic rings. The van der Waals surface area contributed by atoms with E-state index in [2.05, 4.69) is 25.0 Å². The van der Waals surface area contributed by atoms with E-state index in [4.69, 9.17) is 4.52 Å². The van der Waals surface area contributed by atoms with E-state index in [1.807, 2.05) is 12.5 Å². The van der Waals surface area contributed by atoms with E-state index in [0.717, 1.165) is 19.5 Å². The lowest BCUT2D eigenvalue weighted by Crippen LogP contribution is -2.17. The monoisotopic (exact) mass is 233 g/mol. The number of hydrogen-bond donors (Lipinski definition) is 1. The van der Waals surface area contributed by atoms with Crippen LogP contribution in [0.2, 0.25) is 0 Å². The van der Waals surface area contributed by atoms with Gasteiger partial charge in [0.15, 0.2) is 6.33 Å². The number of aryl methyl sites for hydroxylation is 2. The molecular weight excluding hydrogens is 218 g/mol. The number of hydrogen-bond acceptors (Lipinski definition) is 5. The summed E-state index contributed by atoms with van der Waals surface area (Å²) in [7, 11) is 0. The minimum atomic E-state index is 0.445. The number of imidazole rings is 1. The van der Waals surface area contributed by atoms with Crippen LogP contribution >= 0.6 is 0 Å². The Bertz CT molecular complexity index is 458. The number of aromatic nitrogens is 4. The van der Waals surface area contributed by atoms with Crippen LogP contribution in [0.5, 0.6) is 0 Å². The molecule has 6 nitrogen and oxygen atoms in total.